The Bertz CT molecular complexity index is 515. The normalized spacial score (nSPS) is 10.1. The van der Waals surface area contributed by atoms with E-state index in [1.807, 2.05) is 31.2 Å². The smallest absolute Gasteiger partial charge is 0.240 e. The molecule has 17 heavy (non-hydrogen) atoms. The molecule has 5 nitrogen and oxygen atoms in total. The number of nitrogens with zero attached hydrogens (tertiary/aromatic N) is 2. The van der Waals surface area contributed by atoms with Gasteiger partial charge >= 0.3 is 0 Å². The second-order valence-corrected chi connectivity index (χ2v) is 4.62. The summed E-state index contributed by atoms with van der Waals surface area (Å²) in [5, 5.41) is 0. The SMILES string of the molecule is Cc1cc(Oc2ccc(I)cc2)nc(NN)n1. The predicted octanol–water partition coefficient (Wildman–Crippen LogP) is 2.47. The van der Waals surface area contributed by atoms with Crippen LogP contribution in [0.1, 0.15) is 5.69 Å². The maximum Gasteiger partial charge on any atom is 0.240 e. The number of nitrogens with one attached hydrogen (secondary N) is 1. The summed E-state index contributed by atoms with van der Waals surface area (Å²) in [6, 6.07) is 9.44. The molecule has 88 valence electrons. The minimum Gasteiger partial charge on any atom is -0.439 e. The van der Waals surface area contributed by atoms with Gasteiger partial charge in [0.15, 0.2) is 0 Å². The molecule has 3 N–H and O–H groups in total. The fourth-order valence-electron chi connectivity index (χ4n) is 1.28. The van der Waals surface area contributed by atoms with Crippen LogP contribution in [0.5, 0.6) is 11.6 Å². The van der Waals surface area contributed by atoms with Gasteiger partial charge in [-0.1, -0.05) is 0 Å². The first kappa shape index (κ1) is 12.1. The minimum absolute atomic E-state index is 0.338. The van der Waals surface area contributed by atoms with Crippen LogP contribution in [0.15, 0.2) is 30.3 Å². The Morgan fingerprint density at radius 2 is 1.94 bits per heavy atom. The topological polar surface area (TPSA) is 73.1 Å². The van der Waals surface area contributed by atoms with Crippen molar-refractivity contribution in [3.63, 3.8) is 0 Å². The summed E-state index contributed by atoms with van der Waals surface area (Å²) in [5.41, 5.74) is 3.19. The first-order chi connectivity index (χ1) is 8.17. The molecule has 0 aliphatic carbocycles. The zero-order valence-corrected chi connectivity index (χ0v) is 11.3. The molecule has 0 amide bonds. The van der Waals surface area contributed by atoms with Gasteiger partial charge in [-0.15, -0.1) is 0 Å². The Morgan fingerprint density at radius 1 is 1.24 bits per heavy atom. The van der Waals surface area contributed by atoms with E-state index in [1.165, 1.54) is 0 Å². The molecule has 0 unspecified atom stereocenters. The van der Waals surface area contributed by atoms with Crippen molar-refractivity contribution < 1.29 is 4.74 Å². The van der Waals surface area contributed by atoms with Crippen LogP contribution in [0.25, 0.3) is 0 Å². The molecule has 0 radical (unpaired) electrons. The van der Waals surface area contributed by atoms with Crippen molar-refractivity contribution in [3.8, 4) is 11.6 Å². The monoisotopic (exact) mass is 342 g/mol. The molecule has 0 saturated carbocycles. The molecule has 0 spiro atoms. The number of hydrogen-bond donors (Lipinski definition) is 2. The number of benzene rings is 1. The molecule has 0 bridgehead atoms. The lowest BCUT2D eigenvalue weighted by Crippen LogP contribution is -2.11. The van der Waals surface area contributed by atoms with Crippen molar-refractivity contribution in [2.24, 2.45) is 5.84 Å². The highest BCUT2D eigenvalue weighted by Crippen LogP contribution is 2.21. The third kappa shape index (κ3) is 3.27. The Kier molecular flexibility index (Phi) is 3.75. The number of anilines is 1. The highest BCUT2D eigenvalue weighted by atomic mass is 127. The number of halogens is 1. The van der Waals surface area contributed by atoms with E-state index >= 15 is 0 Å². The van der Waals surface area contributed by atoms with Gasteiger partial charge in [0.05, 0.1) is 0 Å². The predicted molar refractivity (Wildman–Crippen MR) is 73.8 cm³/mol. The second kappa shape index (κ2) is 5.28. The molecule has 1 heterocycles. The number of nitrogen functional groups attached to an aromatic ring is 1. The van der Waals surface area contributed by atoms with Crippen molar-refractivity contribution in [2.45, 2.75) is 6.92 Å². The molecule has 0 aliphatic heterocycles. The van der Waals surface area contributed by atoms with Gasteiger partial charge in [0.2, 0.25) is 11.8 Å². The summed E-state index contributed by atoms with van der Waals surface area (Å²) < 4.78 is 6.76. The first-order valence-electron chi connectivity index (χ1n) is 4.93. The maximum atomic E-state index is 5.61. The molecule has 0 saturated heterocycles. The summed E-state index contributed by atoms with van der Waals surface area (Å²) >= 11 is 2.24. The van der Waals surface area contributed by atoms with E-state index in [2.05, 4.69) is 38.0 Å². The fraction of sp³-hybridized carbons (Fsp3) is 0.0909. The highest BCUT2D eigenvalue weighted by Gasteiger charge is 2.03. The quantitative estimate of drug-likeness (QED) is 0.509. The molecular weight excluding hydrogens is 331 g/mol. The van der Waals surface area contributed by atoms with Gasteiger partial charge in [-0.3, -0.25) is 5.43 Å². The highest BCUT2D eigenvalue weighted by molar-refractivity contribution is 14.1. The zero-order chi connectivity index (χ0) is 12.3. The number of nitrogens with two attached hydrogens (primary N) is 1. The lowest BCUT2D eigenvalue weighted by molar-refractivity contribution is 0.461. The van der Waals surface area contributed by atoms with Gasteiger partial charge in [0.25, 0.3) is 0 Å². The molecule has 1 aromatic carbocycles. The van der Waals surface area contributed by atoms with E-state index in [0.29, 0.717) is 11.8 Å². The standard InChI is InChI=1S/C11H11IN4O/c1-7-6-10(15-11(14-7)16-13)17-9-4-2-8(12)3-5-9/h2-6H,13H2,1H3,(H,14,15,16). The van der Waals surface area contributed by atoms with Gasteiger partial charge in [-0.05, 0) is 53.8 Å². The lowest BCUT2D eigenvalue weighted by Gasteiger charge is -2.07. The Morgan fingerprint density at radius 3 is 2.59 bits per heavy atom. The fourth-order valence-corrected chi connectivity index (χ4v) is 1.64. The average molecular weight is 342 g/mol. The third-order valence-corrected chi connectivity index (χ3v) is 2.72. The molecular formula is C11H11IN4O. The molecule has 1 aromatic heterocycles. The van der Waals surface area contributed by atoms with Gasteiger partial charge in [0, 0.05) is 15.3 Å². The van der Waals surface area contributed by atoms with Crippen molar-refractivity contribution in [1.82, 2.24) is 9.97 Å². The number of hydrazine groups is 1. The van der Waals surface area contributed by atoms with Crippen LogP contribution in [0.2, 0.25) is 0 Å². The number of rotatable bonds is 3. The van der Waals surface area contributed by atoms with Gasteiger partial charge in [0.1, 0.15) is 5.75 Å². The Hall–Kier alpha value is -1.41. The third-order valence-electron chi connectivity index (χ3n) is 2.00. The largest absolute Gasteiger partial charge is 0.439 e. The molecule has 2 rings (SSSR count). The van der Waals surface area contributed by atoms with Crippen molar-refractivity contribution in [2.75, 3.05) is 5.43 Å². The summed E-state index contributed by atoms with van der Waals surface area (Å²) in [6.45, 7) is 1.85. The average Bonchev–Trinajstić information content (AvgIpc) is 2.31. The van der Waals surface area contributed by atoms with Crippen molar-refractivity contribution in [1.29, 1.82) is 0 Å². The van der Waals surface area contributed by atoms with Crippen LogP contribution >= 0.6 is 22.6 Å². The van der Waals surface area contributed by atoms with E-state index in [1.54, 1.807) is 6.07 Å². The molecule has 2 aromatic rings. The van der Waals surface area contributed by atoms with Crippen LogP contribution in [0, 0.1) is 10.5 Å². The van der Waals surface area contributed by atoms with E-state index in [0.717, 1.165) is 15.0 Å². The molecule has 6 heteroatoms. The van der Waals surface area contributed by atoms with E-state index < -0.39 is 0 Å². The minimum atomic E-state index is 0.338. The van der Waals surface area contributed by atoms with Crippen LogP contribution < -0.4 is 16.0 Å². The van der Waals surface area contributed by atoms with Gasteiger partial charge in [-0.25, -0.2) is 10.8 Å². The molecule has 0 atom stereocenters. The van der Waals surface area contributed by atoms with Crippen LogP contribution in [0.4, 0.5) is 5.95 Å². The van der Waals surface area contributed by atoms with Crippen molar-refractivity contribution >= 4 is 28.5 Å². The summed E-state index contributed by atoms with van der Waals surface area (Å²) in [4.78, 5) is 8.18. The summed E-state index contributed by atoms with van der Waals surface area (Å²) in [5.74, 6) is 6.80. The van der Waals surface area contributed by atoms with Crippen LogP contribution in [0.3, 0.4) is 0 Å². The Labute approximate surface area is 113 Å². The first-order valence-corrected chi connectivity index (χ1v) is 6.01. The summed E-state index contributed by atoms with van der Waals surface area (Å²) in [6.07, 6.45) is 0. The second-order valence-electron chi connectivity index (χ2n) is 3.37. The van der Waals surface area contributed by atoms with Gasteiger partial charge < -0.3 is 4.74 Å². The number of aromatic nitrogens is 2. The van der Waals surface area contributed by atoms with Crippen LogP contribution in [-0.4, -0.2) is 9.97 Å². The summed E-state index contributed by atoms with van der Waals surface area (Å²) in [7, 11) is 0. The number of ether oxygens (including phenoxy) is 1. The maximum absolute atomic E-state index is 5.61. The van der Waals surface area contributed by atoms with Crippen molar-refractivity contribution in [3.05, 3.63) is 39.6 Å². The Balaban J connectivity index is 2.23. The van der Waals surface area contributed by atoms with E-state index in [4.69, 9.17) is 10.6 Å². The molecule has 0 aliphatic rings. The number of hydrogen-bond acceptors (Lipinski definition) is 5. The van der Waals surface area contributed by atoms with Gasteiger partial charge in [-0.2, -0.15) is 4.98 Å². The van der Waals surface area contributed by atoms with E-state index in [9.17, 15) is 0 Å². The molecule has 0 fully saturated rings. The van der Waals surface area contributed by atoms with E-state index in [-0.39, 0.29) is 0 Å². The lowest BCUT2D eigenvalue weighted by atomic mass is 10.3. The zero-order valence-electron chi connectivity index (χ0n) is 9.14. The number of aryl methyl sites for hydroxylation is 1. The van der Waals surface area contributed by atoms with Crippen LogP contribution in [-0.2, 0) is 0 Å².